The molecule has 2 N–H and O–H groups in total. The molecule has 1 aliphatic heterocycles. The van der Waals surface area contributed by atoms with Gasteiger partial charge in [0.15, 0.2) is 0 Å². The van der Waals surface area contributed by atoms with E-state index in [2.05, 4.69) is 11.9 Å². The maximum Gasteiger partial charge on any atom is 0.214 e. The highest BCUT2D eigenvalue weighted by molar-refractivity contribution is 5.25. The summed E-state index contributed by atoms with van der Waals surface area (Å²) >= 11 is 0. The van der Waals surface area contributed by atoms with E-state index < -0.39 is 0 Å². The summed E-state index contributed by atoms with van der Waals surface area (Å²) < 4.78 is 11.2. The third kappa shape index (κ3) is 3.41. The number of hydrogen-bond donors (Lipinski definition) is 1. The maximum absolute atomic E-state index is 5.89. The highest BCUT2D eigenvalue weighted by Gasteiger charge is 2.16. The highest BCUT2D eigenvalue weighted by Crippen LogP contribution is 2.18. The summed E-state index contributed by atoms with van der Waals surface area (Å²) in [6.07, 6.45) is 3.01. The van der Waals surface area contributed by atoms with Crippen molar-refractivity contribution in [1.82, 2.24) is 4.98 Å². The van der Waals surface area contributed by atoms with Crippen LogP contribution in [0.4, 0.5) is 0 Å². The third-order valence-electron chi connectivity index (χ3n) is 2.97. The minimum Gasteiger partial charge on any atom is -0.474 e. The van der Waals surface area contributed by atoms with Crippen LogP contribution in [0.5, 0.6) is 5.88 Å². The van der Waals surface area contributed by atoms with Crippen molar-refractivity contribution in [3.63, 3.8) is 0 Å². The molecule has 0 bridgehead atoms. The second-order valence-corrected chi connectivity index (χ2v) is 4.29. The molecule has 0 aromatic carbocycles. The zero-order valence-corrected chi connectivity index (χ0v) is 10.3. The molecule has 4 nitrogen and oxygen atoms in total. The van der Waals surface area contributed by atoms with Gasteiger partial charge in [0.25, 0.3) is 0 Å². The predicted molar refractivity (Wildman–Crippen MR) is 66.0 cm³/mol. The summed E-state index contributed by atoms with van der Waals surface area (Å²) in [6.45, 7) is 4.17. The van der Waals surface area contributed by atoms with E-state index in [0.29, 0.717) is 12.4 Å². The molecule has 94 valence electrons. The quantitative estimate of drug-likeness (QED) is 0.863. The molecule has 0 amide bonds. The minimum atomic E-state index is 0.231. The molecule has 1 fully saturated rings. The minimum absolute atomic E-state index is 0.231. The van der Waals surface area contributed by atoms with Gasteiger partial charge in [0.2, 0.25) is 5.88 Å². The Bertz CT molecular complexity index is 340. The Labute approximate surface area is 102 Å². The molecule has 0 atom stereocenters. The molecule has 2 heterocycles. The van der Waals surface area contributed by atoms with Gasteiger partial charge in [-0.2, -0.15) is 0 Å². The molecule has 0 radical (unpaired) electrons. The second kappa shape index (κ2) is 5.98. The average Bonchev–Trinajstić information content (AvgIpc) is 2.39. The van der Waals surface area contributed by atoms with Crippen LogP contribution in [0.2, 0.25) is 0 Å². The first-order chi connectivity index (χ1) is 8.31. The van der Waals surface area contributed by atoms with Crippen LogP contribution in [0.3, 0.4) is 0 Å². The number of ether oxygens (including phenoxy) is 2. The molecule has 2 rings (SSSR count). The smallest absolute Gasteiger partial charge is 0.214 e. The van der Waals surface area contributed by atoms with Gasteiger partial charge in [-0.15, -0.1) is 0 Å². The second-order valence-electron chi connectivity index (χ2n) is 4.29. The molecule has 0 unspecified atom stereocenters. The number of nitrogens with two attached hydrogens (primary N) is 1. The van der Waals surface area contributed by atoms with Gasteiger partial charge < -0.3 is 15.2 Å². The van der Waals surface area contributed by atoms with E-state index in [4.69, 9.17) is 15.2 Å². The summed E-state index contributed by atoms with van der Waals surface area (Å²) in [4.78, 5) is 4.48. The van der Waals surface area contributed by atoms with Crippen molar-refractivity contribution < 1.29 is 9.47 Å². The Morgan fingerprint density at radius 2 is 2.18 bits per heavy atom. The number of nitrogens with zero attached hydrogens (tertiary/aromatic N) is 1. The zero-order chi connectivity index (χ0) is 12.1. The molecule has 1 aromatic rings. The fraction of sp³-hybridized carbons (Fsp3) is 0.615. The van der Waals surface area contributed by atoms with Gasteiger partial charge in [-0.25, -0.2) is 4.98 Å². The first-order valence-electron chi connectivity index (χ1n) is 6.26. The van der Waals surface area contributed by atoms with Crippen molar-refractivity contribution in [1.29, 1.82) is 0 Å². The van der Waals surface area contributed by atoms with Crippen LogP contribution in [0.1, 0.15) is 31.0 Å². The zero-order valence-electron chi connectivity index (χ0n) is 10.3. The van der Waals surface area contributed by atoms with E-state index >= 15 is 0 Å². The molecule has 4 heteroatoms. The van der Waals surface area contributed by atoms with Crippen LogP contribution in [-0.4, -0.2) is 24.3 Å². The van der Waals surface area contributed by atoms with Crippen molar-refractivity contribution in [3.8, 4) is 5.88 Å². The van der Waals surface area contributed by atoms with E-state index in [1.165, 1.54) is 0 Å². The van der Waals surface area contributed by atoms with E-state index in [1.807, 2.05) is 12.1 Å². The van der Waals surface area contributed by atoms with Crippen LogP contribution >= 0.6 is 0 Å². The highest BCUT2D eigenvalue weighted by atomic mass is 16.5. The SMILES string of the molecule is CCc1cc(CN)cc(OC2CCOCC2)n1. The Kier molecular flexibility index (Phi) is 4.34. The van der Waals surface area contributed by atoms with Crippen LogP contribution in [0, 0.1) is 0 Å². The van der Waals surface area contributed by atoms with E-state index in [9.17, 15) is 0 Å². The first-order valence-corrected chi connectivity index (χ1v) is 6.26. The Hall–Kier alpha value is -1.13. The van der Waals surface area contributed by atoms with Crippen molar-refractivity contribution >= 4 is 0 Å². The van der Waals surface area contributed by atoms with Crippen LogP contribution < -0.4 is 10.5 Å². The van der Waals surface area contributed by atoms with Gasteiger partial charge >= 0.3 is 0 Å². The first kappa shape index (κ1) is 12.3. The van der Waals surface area contributed by atoms with Crippen LogP contribution in [-0.2, 0) is 17.7 Å². The summed E-state index contributed by atoms with van der Waals surface area (Å²) in [7, 11) is 0. The van der Waals surface area contributed by atoms with Gasteiger partial charge in [-0.3, -0.25) is 0 Å². The fourth-order valence-corrected chi connectivity index (χ4v) is 1.94. The number of hydrogen-bond acceptors (Lipinski definition) is 4. The Balaban J connectivity index is 2.07. The summed E-state index contributed by atoms with van der Waals surface area (Å²) in [5.74, 6) is 0.705. The van der Waals surface area contributed by atoms with E-state index in [-0.39, 0.29) is 6.10 Å². The maximum atomic E-state index is 5.89. The van der Waals surface area contributed by atoms with Gasteiger partial charge in [0, 0.05) is 31.1 Å². The molecular weight excluding hydrogens is 216 g/mol. The molecule has 1 aromatic heterocycles. The van der Waals surface area contributed by atoms with Crippen molar-refractivity contribution in [2.75, 3.05) is 13.2 Å². The molecule has 0 spiro atoms. The summed E-state index contributed by atoms with van der Waals surface area (Å²) in [6, 6.07) is 3.98. The topological polar surface area (TPSA) is 57.4 Å². The molecule has 1 saturated heterocycles. The van der Waals surface area contributed by atoms with Crippen molar-refractivity contribution in [2.24, 2.45) is 5.73 Å². The largest absolute Gasteiger partial charge is 0.474 e. The number of aryl methyl sites for hydroxylation is 1. The monoisotopic (exact) mass is 236 g/mol. The standard InChI is InChI=1S/C13H20N2O2/c1-2-11-7-10(9-14)8-13(15-11)17-12-3-5-16-6-4-12/h7-8,12H,2-6,9,14H2,1H3. The molecule has 0 saturated carbocycles. The third-order valence-corrected chi connectivity index (χ3v) is 2.97. The average molecular weight is 236 g/mol. The van der Waals surface area contributed by atoms with Gasteiger partial charge in [-0.05, 0) is 18.1 Å². The Morgan fingerprint density at radius 3 is 2.82 bits per heavy atom. The lowest BCUT2D eigenvalue weighted by atomic mass is 10.1. The number of aromatic nitrogens is 1. The van der Waals surface area contributed by atoms with E-state index in [0.717, 1.165) is 43.7 Å². The number of rotatable bonds is 4. The molecule has 0 aliphatic carbocycles. The van der Waals surface area contributed by atoms with Gasteiger partial charge in [-0.1, -0.05) is 6.92 Å². The van der Waals surface area contributed by atoms with Crippen molar-refractivity contribution in [3.05, 3.63) is 23.4 Å². The molecule has 17 heavy (non-hydrogen) atoms. The summed E-state index contributed by atoms with van der Waals surface area (Å²) in [5, 5.41) is 0. The van der Waals surface area contributed by atoms with Gasteiger partial charge in [0.05, 0.1) is 13.2 Å². The normalized spacial score (nSPS) is 17.1. The lowest BCUT2D eigenvalue weighted by Gasteiger charge is -2.23. The number of pyridine rings is 1. The van der Waals surface area contributed by atoms with Crippen LogP contribution in [0.25, 0.3) is 0 Å². The van der Waals surface area contributed by atoms with E-state index in [1.54, 1.807) is 0 Å². The predicted octanol–water partition coefficient (Wildman–Crippen LogP) is 1.66. The Morgan fingerprint density at radius 1 is 1.41 bits per heavy atom. The van der Waals surface area contributed by atoms with Crippen LogP contribution in [0.15, 0.2) is 12.1 Å². The van der Waals surface area contributed by atoms with Gasteiger partial charge in [0.1, 0.15) is 6.10 Å². The van der Waals surface area contributed by atoms with Crippen molar-refractivity contribution in [2.45, 2.75) is 38.8 Å². The lowest BCUT2D eigenvalue weighted by molar-refractivity contribution is 0.0236. The lowest BCUT2D eigenvalue weighted by Crippen LogP contribution is -2.26. The fourth-order valence-electron chi connectivity index (χ4n) is 1.94. The summed E-state index contributed by atoms with van der Waals surface area (Å²) in [5.41, 5.74) is 7.79. The molecular formula is C13H20N2O2. The molecule has 1 aliphatic rings.